The van der Waals surface area contributed by atoms with Crippen molar-refractivity contribution in [2.45, 2.75) is 45.2 Å². The summed E-state index contributed by atoms with van der Waals surface area (Å²) in [6.07, 6.45) is 4.20. The Labute approximate surface area is 184 Å². The minimum Gasteiger partial charge on any atom is -0.349 e. The molecule has 1 N–H and O–H groups in total. The number of benzene rings is 2. The Hall–Kier alpha value is -3.68. The van der Waals surface area contributed by atoms with Crippen LogP contribution in [0.2, 0.25) is 0 Å². The Morgan fingerprint density at radius 3 is 2.62 bits per heavy atom. The molecular weight excluding hydrogens is 406 g/mol. The molecule has 1 amide bonds. The van der Waals surface area contributed by atoms with E-state index >= 15 is 0 Å². The first-order valence-corrected chi connectivity index (χ1v) is 10.9. The molecule has 1 fully saturated rings. The van der Waals surface area contributed by atoms with Gasteiger partial charge in [-0.05, 0) is 49.1 Å². The van der Waals surface area contributed by atoms with E-state index in [0.717, 1.165) is 36.8 Å². The third-order valence-corrected chi connectivity index (χ3v) is 6.43. The van der Waals surface area contributed by atoms with Gasteiger partial charge in [-0.2, -0.15) is 0 Å². The Balaban J connectivity index is 1.65. The van der Waals surface area contributed by atoms with Crippen LogP contribution in [0.3, 0.4) is 0 Å². The maximum absolute atomic E-state index is 13.3. The number of aryl methyl sites for hydroxylation is 2. The van der Waals surface area contributed by atoms with Crippen LogP contribution in [-0.2, 0) is 13.6 Å². The van der Waals surface area contributed by atoms with Crippen molar-refractivity contribution in [3.05, 3.63) is 80.0 Å². The fourth-order valence-corrected chi connectivity index (χ4v) is 4.53. The topological polar surface area (TPSA) is 90.4 Å². The van der Waals surface area contributed by atoms with Crippen molar-refractivity contribution in [2.75, 3.05) is 0 Å². The Kier molecular flexibility index (Phi) is 4.92. The monoisotopic (exact) mass is 431 g/mol. The summed E-state index contributed by atoms with van der Waals surface area (Å²) >= 11 is 0. The smallest absolute Gasteiger partial charge is 0.349 e. The van der Waals surface area contributed by atoms with Gasteiger partial charge in [0.2, 0.25) is 5.78 Å². The second kappa shape index (κ2) is 7.78. The second-order valence-electron chi connectivity index (χ2n) is 8.55. The zero-order valence-corrected chi connectivity index (χ0v) is 18.2. The molecule has 0 aliphatic heterocycles. The van der Waals surface area contributed by atoms with Gasteiger partial charge in [-0.25, -0.2) is 13.9 Å². The van der Waals surface area contributed by atoms with Crippen LogP contribution in [0.1, 0.15) is 47.2 Å². The van der Waals surface area contributed by atoms with Gasteiger partial charge in [0.05, 0.1) is 17.4 Å². The van der Waals surface area contributed by atoms with E-state index in [0.29, 0.717) is 23.0 Å². The zero-order chi connectivity index (χ0) is 22.4. The number of hydrogen-bond acceptors (Lipinski definition) is 4. The Bertz CT molecular complexity index is 1470. The Morgan fingerprint density at radius 2 is 1.88 bits per heavy atom. The summed E-state index contributed by atoms with van der Waals surface area (Å²) in [5.41, 5.74) is 2.24. The number of rotatable bonds is 4. The van der Waals surface area contributed by atoms with Gasteiger partial charge in [0.1, 0.15) is 0 Å². The number of carbonyl (C=O) groups is 1. The van der Waals surface area contributed by atoms with Crippen molar-refractivity contribution in [1.29, 1.82) is 0 Å². The van der Waals surface area contributed by atoms with Gasteiger partial charge >= 0.3 is 5.69 Å². The van der Waals surface area contributed by atoms with Gasteiger partial charge in [-0.1, -0.05) is 37.1 Å². The van der Waals surface area contributed by atoms with Gasteiger partial charge in [-0.3, -0.25) is 14.2 Å². The van der Waals surface area contributed by atoms with Crippen LogP contribution in [0.15, 0.2) is 52.1 Å². The van der Waals surface area contributed by atoms with Crippen LogP contribution in [0.4, 0.5) is 0 Å². The molecule has 0 spiro atoms. The predicted octanol–water partition coefficient (Wildman–Crippen LogP) is 2.38. The van der Waals surface area contributed by atoms with Gasteiger partial charge < -0.3 is 5.32 Å². The molecule has 1 saturated carbocycles. The number of hydrogen-bond donors (Lipinski definition) is 1. The highest BCUT2D eigenvalue weighted by Crippen LogP contribution is 2.19. The number of aromatic nitrogens is 4. The molecule has 2 aromatic carbocycles. The minimum absolute atomic E-state index is 0.182. The molecular formula is C24H25N5O3. The lowest BCUT2D eigenvalue weighted by atomic mass is 10.1. The van der Waals surface area contributed by atoms with E-state index < -0.39 is 0 Å². The second-order valence-corrected chi connectivity index (χ2v) is 8.55. The highest BCUT2D eigenvalue weighted by atomic mass is 16.2. The molecule has 1 aliphatic rings. The lowest BCUT2D eigenvalue weighted by molar-refractivity contribution is 0.0938. The van der Waals surface area contributed by atoms with E-state index in [1.165, 1.54) is 13.6 Å². The average Bonchev–Trinajstić information content (AvgIpc) is 3.41. The van der Waals surface area contributed by atoms with E-state index in [9.17, 15) is 14.4 Å². The molecule has 164 valence electrons. The molecule has 1 aliphatic carbocycles. The van der Waals surface area contributed by atoms with E-state index in [-0.39, 0.29) is 29.0 Å². The normalized spacial score (nSPS) is 14.4. The van der Waals surface area contributed by atoms with Crippen LogP contribution in [-0.4, -0.2) is 30.7 Å². The number of fused-ring (bicyclic) bond motifs is 3. The molecule has 8 nitrogen and oxygen atoms in total. The number of amides is 1. The highest BCUT2D eigenvalue weighted by Gasteiger charge is 2.20. The summed E-state index contributed by atoms with van der Waals surface area (Å²) in [6.45, 7) is 2.28. The van der Waals surface area contributed by atoms with Crippen LogP contribution < -0.4 is 16.6 Å². The van der Waals surface area contributed by atoms with Gasteiger partial charge in [0, 0.05) is 18.7 Å². The molecule has 32 heavy (non-hydrogen) atoms. The molecule has 0 saturated heterocycles. The van der Waals surface area contributed by atoms with Gasteiger partial charge in [0.25, 0.3) is 11.5 Å². The predicted molar refractivity (Wildman–Crippen MR) is 122 cm³/mol. The molecule has 2 aromatic heterocycles. The quantitative estimate of drug-likeness (QED) is 0.537. The van der Waals surface area contributed by atoms with Gasteiger partial charge in [-0.15, -0.1) is 5.10 Å². The summed E-state index contributed by atoms with van der Waals surface area (Å²) < 4.78 is 4.15. The largest absolute Gasteiger partial charge is 0.352 e. The van der Waals surface area contributed by atoms with Crippen molar-refractivity contribution in [1.82, 2.24) is 24.1 Å². The maximum Gasteiger partial charge on any atom is 0.352 e. The molecule has 5 rings (SSSR count). The SMILES string of the molecule is Cc1ccccc1Cn1nc2n(C)c(=O)c3ccc(C(=O)NC4CCCC4)cc3n2c1=O. The molecule has 0 atom stereocenters. The third kappa shape index (κ3) is 3.32. The van der Waals surface area contributed by atoms with E-state index in [1.54, 1.807) is 25.2 Å². The maximum atomic E-state index is 13.3. The molecule has 0 unspecified atom stereocenters. The third-order valence-electron chi connectivity index (χ3n) is 6.43. The van der Waals surface area contributed by atoms with E-state index in [2.05, 4.69) is 10.4 Å². The minimum atomic E-state index is -0.350. The molecule has 4 aromatic rings. The molecule has 2 heterocycles. The fourth-order valence-electron chi connectivity index (χ4n) is 4.53. The van der Waals surface area contributed by atoms with Crippen LogP contribution >= 0.6 is 0 Å². The zero-order valence-electron chi connectivity index (χ0n) is 18.2. The van der Waals surface area contributed by atoms with E-state index in [1.807, 2.05) is 31.2 Å². The number of carbonyl (C=O) groups excluding carboxylic acids is 1. The fraction of sp³-hybridized carbons (Fsp3) is 0.333. The summed E-state index contributed by atoms with van der Waals surface area (Å²) in [7, 11) is 1.60. The van der Waals surface area contributed by atoms with Crippen molar-refractivity contribution in [3.8, 4) is 0 Å². The van der Waals surface area contributed by atoms with Crippen LogP contribution in [0.5, 0.6) is 0 Å². The average molecular weight is 431 g/mol. The van der Waals surface area contributed by atoms with Crippen LogP contribution in [0, 0.1) is 6.92 Å². The van der Waals surface area contributed by atoms with Crippen molar-refractivity contribution in [3.63, 3.8) is 0 Å². The highest BCUT2D eigenvalue weighted by molar-refractivity contribution is 5.98. The van der Waals surface area contributed by atoms with E-state index in [4.69, 9.17) is 0 Å². The number of nitrogens with one attached hydrogen (secondary N) is 1. The van der Waals surface area contributed by atoms with Crippen molar-refractivity contribution in [2.24, 2.45) is 7.05 Å². The first-order valence-electron chi connectivity index (χ1n) is 10.9. The Morgan fingerprint density at radius 1 is 1.12 bits per heavy atom. The standard InChI is InChI=1S/C24H25N5O3/c1-15-7-3-4-8-17(15)14-28-24(32)29-20-13-16(21(30)25-18-9-5-6-10-18)11-12-19(20)22(31)27(2)23(29)26-28/h3-4,7-8,11-13,18H,5-6,9-10,14H2,1-2H3,(H,25,30). The van der Waals surface area contributed by atoms with Gasteiger partial charge in [0.15, 0.2) is 0 Å². The summed E-state index contributed by atoms with van der Waals surface area (Å²) in [6, 6.07) is 12.9. The lowest BCUT2D eigenvalue weighted by Gasteiger charge is -2.12. The summed E-state index contributed by atoms with van der Waals surface area (Å²) in [4.78, 5) is 39.1. The first-order chi connectivity index (χ1) is 15.4. The first kappa shape index (κ1) is 20.2. The molecule has 0 bridgehead atoms. The number of nitrogens with zero attached hydrogens (tertiary/aromatic N) is 4. The molecule has 0 radical (unpaired) electrons. The van der Waals surface area contributed by atoms with Crippen molar-refractivity contribution >= 4 is 22.6 Å². The molecule has 8 heteroatoms. The lowest BCUT2D eigenvalue weighted by Crippen LogP contribution is -2.32. The summed E-state index contributed by atoms with van der Waals surface area (Å²) in [5, 5.41) is 7.88. The van der Waals surface area contributed by atoms with Crippen molar-refractivity contribution < 1.29 is 4.79 Å². The summed E-state index contributed by atoms with van der Waals surface area (Å²) in [5.74, 6) is 0.0578. The van der Waals surface area contributed by atoms with Crippen LogP contribution in [0.25, 0.3) is 16.7 Å².